The fourth-order valence-electron chi connectivity index (χ4n) is 1.89. The summed E-state index contributed by atoms with van der Waals surface area (Å²) in [5.74, 6) is 0.985. The highest BCUT2D eigenvalue weighted by atomic mass is 32.1. The normalized spacial score (nSPS) is 12.9. The summed E-state index contributed by atoms with van der Waals surface area (Å²) in [6, 6.07) is 9.85. The molecule has 0 saturated heterocycles. The van der Waals surface area contributed by atoms with Gasteiger partial charge < -0.3 is 15.0 Å². The number of hydrogen-bond acceptors (Lipinski definition) is 6. The fraction of sp³-hybridized carbons (Fsp3) is 0.286. The standard InChI is InChI=1S/C14H15N3O2S/c1-2-18-8-10(15)13-16-14(19-17-13)12-7-9-5-3-4-6-11(9)20-12/h3-7,10H,2,8,15H2,1H3. The van der Waals surface area contributed by atoms with E-state index in [4.69, 9.17) is 15.0 Å². The molecule has 1 atom stereocenters. The number of ether oxygens (including phenoxy) is 1. The number of hydrogen-bond donors (Lipinski definition) is 1. The van der Waals surface area contributed by atoms with E-state index in [1.165, 1.54) is 10.1 Å². The second kappa shape index (κ2) is 5.70. The Morgan fingerprint density at radius 2 is 2.25 bits per heavy atom. The molecule has 2 N–H and O–H groups in total. The van der Waals surface area contributed by atoms with Crippen LogP contribution >= 0.6 is 11.3 Å². The maximum Gasteiger partial charge on any atom is 0.268 e. The molecule has 3 rings (SSSR count). The van der Waals surface area contributed by atoms with Gasteiger partial charge in [0, 0.05) is 11.3 Å². The molecule has 0 bridgehead atoms. The van der Waals surface area contributed by atoms with Gasteiger partial charge in [-0.3, -0.25) is 0 Å². The summed E-state index contributed by atoms with van der Waals surface area (Å²) >= 11 is 1.62. The lowest BCUT2D eigenvalue weighted by Gasteiger charge is -2.05. The third-order valence-corrected chi connectivity index (χ3v) is 4.02. The van der Waals surface area contributed by atoms with Crippen LogP contribution in [0.15, 0.2) is 34.9 Å². The van der Waals surface area contributed by atoms with Crippen LogP contribution in [0.1, 0.15) is 18.8 Å². The van der Waals surface area contributed by atoms with Crippen LogP contribution in [0, 0.1) is 0 Å². The maximum atomic E-state index is 5.94. The number of fused-ring (bicyclic) bond motifs is 1. The molecule has 3 aromatic rings. The summed E-state index contributed by atoms with van der Waals surface area (Å²) in [6.45, 7) is 2.93. The fourth-order valence-corrected chi connectivity index (χ4v) is 2.88. The predicted octanol–water partition coefficient (Wildman–Crippen LogP) is 2.99. The molecule has 0 fully saturated rings. The minimum atomic E-state index is -0.359. The van der Waals surface area contributed by atoms with Crippen molar-refractivity contribution < 1.29 is 9.26 Å². The van der Waals surface area contributed by atoms with Crippen LogP contribution in [0.25, 0.3) is 20.9 Å². The number of thiophene rings is 1. The maximum absolute atomic E-state index is 5.94. The van der Waals surface area contributed by atoms with Crippen LogP contribution < -0.4 is 5.73 Å². The lowest BCUT2D eigenvalue weighted by Crippen LogP contribution is -2.18. The van der Waals surface area contributed by atoms with Crippen molar-refractivity contribution in [3.05, 3.63) is 36.2 Å². The Balaban J connectivity index is 1.85. The number of aromatic nitrogens is 2. The number of nitrogens with two attached hydrogens (primary N) is 1. The van der Waals surface area contributed by atoms with E-state index in [2.05, 4.69) is 22.3 Å². The summed E-state index contributed by atoms with van der Waals surface area (Å²) in [6.07, 6.45) is 0. The first-order chi connectivity index (χ1) is 9.78. The third kappa shape index (κ3) is 2.58. The number of nitrogens with zero attached hydrogens (tertiary/aromatic N) is 2. The summed E-state index contributed by atoms with van der Waals surface area (Å²) in [5.41, 5.74) is 5.94. The highest BCUT2D eigenvalue weighted by molar-refractivity contribution is 7.22. The zero-order valence-electron chi connectivity index (χ0n) is 11.1. The van der Waals surface area contributed by atoms with Gasteiger partial charge in [-0.2, -0.15) is 4.98 Å². The smallest absolute Gasteiger partial charge is 0.268 e. The molecule has 2 aromatic heterocycles. The molecule has 20 heavy (non-hydrogen) atoms. The van der Waals surface area contributed by atoms with Gasteiger partial charge in [-0.15, -0.1) is 11.3 Å². The Morgan fingerprint density at radius 3 is 3.05 bits per heavy atom. The van der Waals surface area contributed by atoms with Crippen LogP contribution in [0.4, 0.5) is 0 Å². The Kier molecular flexibility index (Phi) is 3.77. The Labute approximate surface area is 120 Å². The molecule has 104 valence electrons. The molecular weight excluding hydrogens is 274 g/mol. The van der Waals surface area contributed by atoms with Gasteiger partial charge in [-0.1, -0.05) is 23.4 Å². The SMILES string of the molecule is CCOCC(N)c1noc(-c2cc3ccccc3s2)n1. The molecular formula is C14H15N3O2S. The van der Waals surface area contributed by atoms with Gasteiger partial charge in [0.2, 0.25) is 0 Å². The molecule has 2 heterocycles. The van der Waals surface area contributed by atoms with Gasteiger partial charge in [-0.05, 0) is 24.4 Å². The van der Waals surface area contributed by atoms with Gasteiger partial charge in [0.05, 0.1) is 17.5 Å². The highest BCUT2D eigenvalue weighted by Gasteiger charge is 2.16. The van der Waals surface area contributed by atoms with Crippen molar-refractivity contribution in [1.29, 1.82) is 0 Å². The molecule has 0 spiro atoms. The molecule has 5 nitrogen and oxygen atoms in total. The molecule has 0 amide bonds. The minimum absolute atomic E-state index is 0.359. The first-order valence-corrected chi connectivity index (χ1v) is 7.25. The van der Waals surface area contributed by atoms with E-state index >= 15 is 0 Å². The van der Waals surface area contributed by atoms with E-state index in [-0.39, 0.29) is 6.04 Å². The summed E-state index contributed by atoms with van der Waals surface area (Å²) < 4.78 is 11.8. The quantitative estimate of drug-likeness (QED) is 0.781. The molecule has 0 aliphatic heterocycles. The highest BCUT2D eigenvalue weighted by Crippen LogP contribution is 2.32. The second-order valence-corrected chi connectivity index (χ2v) is 5.46. The van der Waals surface area contributed by atoms with E-state index in [9.17, 15) is 0 Å². The lowest BCUT2D eigenvalue weighted by molar-refractivity contribution is 0.130. The average Bonchev–Trinajstić information content (AvgIpc) is 3.10. The number of rotatable bonds is 5. The summed E-state index contributed by atoms with van der Waals surface area (Å²) in [7, 11) is 0. The van der Waals surface area contributed by atoms with Crippen molar-refractivity contribution in [3.8, 4) is 10.8 Å². The van der Waals surface area contributed by atoms with Crippen molar-refractivity contribution in [1.82, 2.24) is 10.1 Å². The van der Waals surface area contributed by atoms with Gasteiger partial charge in [0.15, 0.2) is 5.82 Å². The molecule has 0 saturated carbocycles. The molecule has 0 radical (unpaired) electrons. The Bertz CT molecular complexity index is 674. The van der Waals surface area contributed by atoms with Crippen LogP contribution in [-0.4, -0.2) is 23.4 Å². The molecule has 0 aliphatic carbocycles. The molecule has 1 aromatic carbocycles. The molecule has 6 heteroatoms. The first-order valence-electron chi connectivity index (χ1n) is 6.44. The zero-order valence-corrected chi connectivity index (χ0v) is 11.9. The Morgan fingerprint density at radius 1 is 1.40 bits per heavy atom. The predicted molar refractivity (Wildman–Crippen MR) is 78.5 cm³/mol. The lowest BCUT2D eigenvalue weighted by atomic mass is 10.2. The average molecular weight is 289 g/mol. The van der Waals surface area contributed by atoms with Crippen molar-refractivity contribution in [2.45, 2.75) is 13.0 Å². The molecule has 1 unspecified atom stereocenters. The monoisotopic (exact) mass is 289 g/mol. The molecule has 0 aliphatic rings. The first kappa shape index (κ1) is 13.2. The van der Waals surface area contributed by atoms with Crippen molar-refractivity contribution in [2.75, 3.05) is 13.2 Å². The van der Waals surface area contributed by atoms with Crippen LogP contribution in [0.2, 0.25) is 0 Å². The van der Waals surface area contributed by atoms with Crippen LogP contribution in [-0.2, 0) is 4.74 Å². The number of benzene rings is 1. The summed E-state index contributed by atoms with van der Waals surface area (Å²) in [5, 5.41) is 5.10. The van der Waals surface area contributed by atoms with E-state index < -0.39 is 0 Å². The Hall–Kier alpha value is -1.76. The second-order valence-electron chi connectivity index (χ2n) is 4.37. The van der Waals surface area contributed by atoms with Crippen LogP contribution in [0.5, 0.6) is 0 Å². The van der Waals surface area contributed by atoms with Crippen molar-refractivity contribution in [2.24, 2.45) is 5.73 Å². The topological polar surface area (TPSA) is 74.2 Å². The van der Waals surface area contributed by atoms with E-state index in [0.29, 0.717) is 24.9 Å². The van der Waals surface area contributed by atoms with E-state index in [0.717, 1.165) is 4.88 Å². The van der Waals surface area contributed by atoms with Crippen molar-refractivity contribution in [3.63, 3.8) is 0 Å². The minimum Gasteiger partial charge on any atom is -0.380 e. The van der Waals surface area contributed by atoms with Gasteiger partial charge in [0.25, 0.3) is 5.89 Å². The summed E-state index contributed by atoms with van der Waals surface area (Å²) in [4.78, 5) is 5.31. The van der Waals surface area contributed by atoms with Gasteiger partial charge in [0.1, 0.15) is 0 Å². The third-order valence-electron chi connectivity index (χ3n) is 2.91. The van der Waals surface area contributed by atoms with Gasteiger partial charge in [-0.25, -0.2) is 0 Å². The zero-order chi connectivity index (χ0) is 13.9. The van der Waals surface area contributed by atoms with E-state index in [1.54, 1.807) is 11.3 Å². The largest absolute Gasteiger partial charge is 0.380 e. The van der Waals surface area contributed by atoms with E-state index in [1.807, 2.05) is 25.1 Å². The van der Waals surface area contributed by atoms with Crippen molar-refractivity contribution >= 4 is 21.4 Å². The van der Waals surface area contributed by atoms with Gasteiger partial charge >= 0.3 is 0 Å². The van der Waals surface area contributed by atoms with Crippen LogP contribution in [0.3, 0.4) is 0 Å².